The minimum absolute atomic E-state index is 0.262. The quantitative estimate of drug-likeness (QED) is 0.728. The Kier molecular flexibility index (Phi) is 5.91. The number of anilines is 1. The van der Waals surface area contributed by atoms with Gasteiger partial charge in [-0.3, -0.25) is 4.79 Å². The summed E-state index contributed by atoms with van der Waals surface area (Å²) in [5.74, 6) is 3.44. The highest BCUT2D eigenvalue weighted by Crippen LogP contribution is 2.35. The van der Waals surface area contributed by atoms with Gasteiger partial charge in [0.25, 0.3) is 0 Å². The summed E-state index contributed by atoms with van der Waals surface area (Å²) in [7, 11) is 0. The number of piperazine rings is 1. The van der Waals surface area contributed by atoms with Gasteiger partial charge in [0.05, 0.1) is 5.69 Å². The molecule has 1 saturated heterocycles. The Morgan fingerprint density at radius 2 is 1.74 bits per heavy atom. The van der Waals surface area contributed by atoms with Crippen LogP contribution in [0.4, 0.5) is 5.82 Å². The molecule has 0 radical (unpaired) electrons. The lowest BCUT2D eigenvalue weighted by atomic mass is 9.86. The van der Waals surface area contributed by atoms with Crippen molar-refractivity contribution in [3.8, 4) is 22.8 Å². The number of carbonyl (C=O) groups is 1. The van der Waals surface area contributed by atoms with Gasteiger partial charge >= 0.3 is 0 Å². The molecule has 1 amide bonds. The number of nitrogens with zero attached hydrogens (tertiary/aromatic N) is 4. The standard InChI is InChI=1S/C24H30N4O3/c29-24(11-6-18-4-2-1-3-5-18)28-14-12-27(13-15-28)23-10-8-20(25-26-23)19-7-9-21-22(16-19)31-17-30-21/h7-10,16,18H,1-6,11-15,17H2. The molecule has 3 heterocycles. The van der Waals surface area contributed by atoms with Crippen LogP contribution in [-0.2, 0) is 4.79 Å². The predicted molar refractivity (Wildman–Crippen MR) is 118 cm³/mol. The van der Waals surface area contributed by atoms with Crippen LogP contribution in [0.1, 0.15) is 44.9 Å². The number of rotatable bonds is 5. The Hall–Kier alpha value is -2.83. The highest BCUT2D eigenvalue weighted by Gasteiger charge is 2.23. The number of hydrogen-bond acceptors (Lipinski definition) is 6. The maximum Gasteiger partial charge on any atom is 0.231 e. The van der Waals surface area contributed by atoms with Crippen molar-refractivity contribution in [1.29, 1.82) is 0 Å². The molecule has 7 heteroatoms. The number of hydrogen-bond donors (Lipinski definition) is 0. The largest absolute Gasteiger partial charge is 0.454 e. The molecular formula is C24H30N4O3. The lowest BCUT2D eigenvalue weighted by molar-refractivity contribution is -0.131. The third kappa shape index (κ3) is 4.60. The molecule has 164 valence electrons. The zero-order chi connectivity index (χ0) is 21.0. The summed E-state index contributed by atoms with van der Waals surface area (Å²) in [6.45, 7) is 3.38. The van der Waals surface area contributed by atoms with E-state index in [1.807, 2.05) is 35.2 Å². The summed E-state index contributed by atoms with van der Waals surface area (Å²) < 4.78 is 10.8. The van der Waals surface area contributed by atoms with E-state index in [0.29, 0.717) is 12.3 Å². The van der Waals surface area contributed by atoms with E-state index < -0.39 is 0 Å². The molecule has 5 rings (SSSR count). The lowest BCUT2D eigenvalue weighted by Crippen LogP contribution is -2.49. The van der Waals surface area contributed by atoms with Gasteiger partial charge in [-0.25, -0.2) is 0 Å². The van der Waals surface area contributed by atoms with Crippen molar-refractivity contribution in [2.45, 2.75) is 44.9 Å². The highest BCUT2D eigenvalue weighted by atomic mass is 16.7. The van der Waals surface area contributed by atoms with Crippen LogP contribution in [-0.4, -0.2) is 54.0 Å². The summed E-state index contributed by atoms with van der Waals surface area (Å²) in [6.07, 6.45) is 8.43. The van der Waals surface area contributed by atoms with Gasteiger partial charge in [0.2, 0.25) is 12.7 Å². The van der Waals surface area contributed by atoms with Crippen LogP contribution < -0.4 is 14.4 Å². The summed E-state index contributed by atoms with van der Waals surface area (Å²) in [6, 6.07) is 9.80. The third-order valence-electron chi connectivity index (χ3n) is 6.77. The summed E-state index contributed by atoms with van der Waals surface area (Å²) in [5.41, 5.74) is 1.76. The van der Waals surface area contributed by atoms with Crippen LogP contribution in [0.25, 0.3) is 11.3 Å². The van der Waals surface area contributed by atoms with Gasteiger partial charge in [0.15, 0.2) is 17.3 Å². The van der Waals surface area contributed by atoms with Crippen molar-refractivity contribution in [3.05, 3.63) is 30.3 Å². The van der Waals surface area contributed by atoms with E-state index in [1.54, 1.807) is 0 Å². The second-order valence-corrected chi connectivity index (χ2v) is 8.76. The Labute approximate surface area is 183 Å². The fourth-order valence-corrected chi connectivity index (χ4v) is 4.85. The predicted octanol–water partition coefficient (Wildman–Crippen LogP) is 3.88. The number of carbonyl (C=O) groups excluding carboxylic acids is 1. The molecule has 2 aromatic rings. The molecule has 0 atom stereocenters. The first-order valence-corrected chi connectivity index (χ1v) is 11.5. The van der Waals surface area contributed by atoms with Crippen LogP contribution >= 0.6 is 0 Å². The van der Waals surface area contributed by atoms with Gasteiger partial charge in [0.1, 0.15) is 0 Å². The molecule has 0 N–H and O–H groups in total. The normalized spacial score (nSPS) is 19.0. The van der Waals surface area contributed by atoms with Gasteiger partial charge in [-0.2, -0.15) is 0 Å². The summed E-state index contributed by atoms with van der Waals surface area (Å²) in [5, 5.41) is 8.86. The number of benzene rings is 1. The average Bonchev–Trinajstić information content (AvgIpc) is 3.31. The minimum Gasteiger partial charge on any atom is -0.454 e. The molecule has 0 unspecified atom stereocenters. The van der Waals surface area contributed by atoms with E-state index in [1.165, 1.54) is 32.1 Å². The maximum absolute atomic E-state index is 12.6. The smallest absolute Gasteiger partial charge is 0.231 e. The Balaban J connectivity index is 1.13. The van der Waals surface area contributed by atoms with E-state index in [2.05, 4.69) is 15.1 Å². The molecule has 7 nitrogen and oxygen atoms in total. The van der Waals surface area contributed by atoms with E-state index in [4.69, 9.17) is 9.47 Å². The van der Waals surface area contributed by atoms with Crippen LogP contribution in [0.15, 0.2) is 30.3 Å². The third-order valence-corrected chi connectivity index (χ3v) is 6.77. The molecule has 1 aromatic carbocycles. The molecule has 2 fully saturated rings. The molecular weight excluding hydrogens is 392 g/mol. The van der Waals surface area contributed by atoms with Gasteiger partial charge in [-0.1, -0.05) is 32.1 Å². The second kappa shape index (κ2) is 9.12. The maximum atomic E-state index is 12.6. The molecule has 1 aromatic heterocycles. The van der Waals surface area contributed by atoms with Crippen LogP contribution in [0.2, 0.25) is 0 Å². The van der Waals surface area contributed by atoms with Gasteiger partial charge < -0.3 is 19.3 Å². The number of fused-ring (bicyclic) bond motifs is 1. The summed E-state index contributed by atoms with van der Waals surface area (Å²) in [4.78, 5) is 16.9. The molecule has 2 aliphatic heterocycles. The Morgan fingerprint density at radius 1 is 0.935 bits per heavy atom. The van der Waals surface area contributed by atoms with Gasteiger partial charge in [-0.05, 0) is 42.7 Å². The lowest BCUT2D eigenvalue weighted by Gasteiger charge is -2.35. The molecule has 1 aliphatic carbocycles. The zero-order valence-electron chi connectivity index (χ0n) is 18.0. The fraction of sp³-hybridized carbons (Fsp3) is 0.542. The number of ether oxygens (including phenoxy) is 2. The van der Waals surface area contributed by atoms with Crippen LogP contribution in [0.5, 0.6) is 11.5 Å². The van der Waals surface area contributed by atoms with Crippen LogP contribution in [0.3, 0.4) is 0 Å². The fourth-order valence-electron chi connectivity index (χ4n) is 4.85. The molecule has 31 heavy (non-hydrogen) atoms. The topological polar surface area (TPSA) is 67.8 Å². The number of aromatic nitrogens is 2. The van der Waals surface area contributed by atoms with E-state index in [0.717, 1.165) is 67.1 Å². The van der Waals surface area contributed by atoms with Crippen LogP contribution in [0, 0.1) is 5.92 Å². The molecule has 0 bridgehead atoms. The van der Waals surface area contributed by atoms with E-state index >= 15 is 0 Å². The van der Waals surface area contributed by atoms with Crippen molar-refractivity contribution in [2.24, 2.45) is 5.92 Å². The molecule has 1 saturated carbocycles. The van der Waals surface area contributed by atoms with Crippen molar-refractivity contribution in [1.82, 2.24) is 15.1 Å². The SMILES string of the molecule is O=C(CCC1CCCCC1)N1CCN(c2ccc(-c3ccc4c(c3)OCO4)nn2)CC1. The van der Waals surface area contributed by atoms with Gasteiger partial charge in [-0.15, -0.1) is 10.2 Å². The second-order valence-electron chi connectivity index (χ2n) is 8.76. The Morgan fingerprint density at radius 3 is 2.52 bits per heavy atom. The molecule has 3 aliphatic rings. The van der Waals surface area contributed by atoms with Crippen molar-refractivity contribution in [3.63, 3.8) is 0 Å². The van der Waals surface area contributed by atoms with Crippen molar-refractivity contribution >= 4 is 11.7 Å². The zero-order valence-corrected chi connectivity index (χ0v) is 18.0. The van der Waals surface area contributed by atoms with Crippen molar-refractivity contribution < 1.29 is 14.3 Å². The highest BCUT2D eigenvalue weighted by molar-refractivity contribution is 5.76. The minimum atomic E-state index is 0.262. The first kappa shape index (κ1) is 20.1. The van der Waals surface area contributed by atoms with E-state index in [-0.39, 0.29) is 6.79 Å². The molecule has 0 spiro atoms. The number of amides is 1. The Bertz CT molecular complexity index is 904. The first-order valence-electron chi connectivity index (χ1n) is 11.5. The van der Waals surface area contributed by atoms with E-state index in [9.17, 15) is 4.79 Å². The first-order chi connectivity index (χ1) is 15.3. The monoisotopic (exact) mass is 422 g/mol. The van der Waals surface area contributed by atoms with Crippen molar-refractivity contribution in [2.75, 3.05) is 37.9 Å². The summed E-state index contributed by atoms with van der Waals surface area (Å²) >= 11 is 0. The average molecular weight is 423 g/mol. The van der Waals surface area contributed by atoms with Gasteiger partial charge in [0, 0.05) is 38.2 Å².